The van der Waals surface area contributed by atoms with Crippen LogP contribution in [0.4, 0.5) is 0 Å². The molecule has 5 nitrogen and oxygen atoms in total. The lowest BCUT2D eigenvalue weighted by molar-refractivity contribution is 0.229. The highest BCUT2D eigenvalue weighted by Gasteiger charge is 2.06. The van der Waals surface area contributed by atoms with Gasteiger partial charge in [-0.25, -0.2) is 15.0 Å². The topological polar surface area (TPSA) is 59.9 Å². The van der Waals surface area contributed by atoms with Gasteiger partial charge in [-0.05, 0) is 32.9 Å². The highest BCUT2D eigenvalue weighted by Crippen LogP contribution is 2.15. The Morgan fingerprint density at radius 1 is 1.15 bits per heavy atom. The molecule has 0 aliphatic carbocycles. The number of nitrogens with zero attached hydrogens (tertiary/aromatic N) is 3. The molecule has 106 valence electrons. The Kier molecular flexibility index (Phi) is 5.01. The third-order valence-electron chi connectivity index (χ3n) is 2.65. The van der Waals surface area contributed by atoms with Gasteiger partial charge < -0.3 is 10.1 Å². The normalized spacial score (nSPS) is 10.8. The molecule has 5 heteroatoms. The molecule has 2 aromatic heterocycles. The molecule has 0 atom stereocenters. The van der Waals surface area contributed by atoms with Gasteiger partial charge >= 0.3 is 0 Å². The van der Waals surface area contributed by atoms with E-state index in [2.05, 4.69) is 20.3 Å². The molecule has 0 amide bonds. The largest absolute Gasteiger partial charge is 0.475 e. The number of aromatic nitrogens is 3. The molecule has 0 spiro atoms. The first-order valence-corrected chi connectivity index (χ1v) is 6.75. The third kappa shape index (κ3) is 4.28. The fraction of sp³-hybridized carbons (Fsp3) is 0.400. The predicted molar refractivity (Wildman–Crippen MR) is 77.3 cm³/mol. The summed E-state index contributed by atoms with van der Waals surface area (Å²) in [7, 11) is 0. The molecule has 0 fully saturated rings. The van der Waals surface area contributed by atoms with Crippen molar-refractivity contribution in [3.63, 3.8) is 0 Å². The number of rotatable bonds is 6. The van der Waals surface area contributed by atoms with Crippen LogP contribution in [0.5, 0.6) is 5.88 Å². The molecule has 0 aliphatic heterocycles. The Morgan fingerprint density at radius 2 is 2.00 bits per heavy atom. The van der Waals surface area contributed by atoms with Gasteiger partial charge in [0.2, 0.25) is 5.88 Å². The van der Waals surface area contributed by atoms with Crippen molar-refractivity contribution in [3.05, 3.63) is 47.7 Å². The van der Waals surface area contributed by atoms with Crippen LogP contribution in [0, 0.1) is 6.92 Å². The van der Waals surface area contributed by atoms with Crippen LogP contribution in [0.15, 0.2) is 30.6 Å². The minimum Gasteiger partial charge on any atom is -0.475 e. The smallest absolute Gasteiger partial charge is 0.218 e. The fourth-order valence-corrected chi connectivity index (χ4v) is 1.82. The average molecular weight is 272 g/mol. The van der Waals surface area contributed by atoms with E-state index in [0.717, 1.165) is 17.1 Å². The van der Waals surface area contributed by atoms with Gasteiger partial charge in [-0.15, -0.1) is 0 Å². The van der Waals surface area contributed by atoms with Crippen molar-refractivity contribution in [2.24, 2.45) is 0 Å². The van der Waals surface area contributed by atoms with Crippen molar-refractivity contribution in [2.45, 2.75) is 40.0 Å². The lowest BCUT2D eigenvalue weighted by Crippen LogP contribution is -2.16. The standard InChI is InChI=1S/C15H20N4O/c1-11(2)20-15-13(5-4-7-18-15)9-16-10-14-6-8-17-12(3)19-14/h4-8,11,16H,9-10H2,1-3H3. The second-order valence-corrected chi connectivity index (χ2v) is 4.83. The molecule has 0 aliphatic rings. The maximum Gasteiger partial charge on any atom is 0.218 e. The van der Waals surface area contributed by atoms with Gasteiger partial charge in [-0.3, -0.25) is 0 Å². The Balaban J connectivity index is 1.94. The second-order valence-electron chi connectivity index (χ2n) is 4.83. The van der Waals surface area contributed by atoms with E-state index >= 15 is 0 Å². The summed E-state index contributed by atoms with van der Waals surface area (Å²) in [6, 6.07) is 5.84. The lowest BCUT2D eigenvalue weighted by atomic mass is 10.2. The van der Waals surface area contributed by atoms with Gasteiger partial charge in [0, 0.05) is 31.0 Å². The van der Waals surface area contributed by atoms with Gasteiger partial charge in [-0.1, -0.05) is 6.07 Å². The zero-order valence-corrected chi connectivity index (χ0v) is 12.1. The Morgan fingerprint density at radius 3 is 2.75 bits per heavy atom. The predicted octanol–water partition coefficient (Wildman–Crippen LogP) is 2.26. The first-order chi connectivity index (χ1) is 9.65. The van der Waals surface area contributed by atoms with E-state index < -0.39 is 0 Å². The lowest BCUT2D eigenvalue weighted by Gasteiger charge is -2.13. The number of nitrogens with one attached hydrogen (secondary N) is 1. The first-order valence-electron chi connectivity index (χ1n) is 6.75. The quantitative estimate of drug-likeness (QED) is 0.874. The summed E-state index contributed by atoms with van der Waals surface area (Å²) in [5.41, 5.74) is 2.03. The molecule has 2 heterocycles. The SMILES string of the molecule is Cc1nccc(CNCc2cccnc2OC(C)C)n1. The monoisotopic (exact) mass is 272 g/mol. The van der Waals surface area contributed by atoms with E-state index in [1.165, 1.54) is 0 Å². The number of ether oxygens (including phenoxy) is 1. The molecule has 2 rings (SSSR count). The summed E-state index contributed by atoms with van der Waals surface area (Å²) in [6.45, 7) is 7.27. The van der Waals surface area contributed by atoms with Crippen molar-refractivity contribution in [1.82, 2.24) is 20.3 Å². The second kappa shape index (κ2) is 6.96. The highest BCUT2D eigenvalue weighted by atomic mass is 16.5. The first kappa shape index (κ1) is 14.4. The van der Waals surface area contributed by atoms with E-state index in [0.29, 0.717) is 19.0 Å². The molecule has 0 bridgehead atoms. The zero-order chi connectivity index (χ0) is 14.4. The number of pyridine rings is 1. The van der Waals surface area contributed by atoms with Gasteiger partial charge in [-0.2, -0.15) is 0 Å². The number of hydrogen-bond acceptors (Lipinski definition) is 5. The molecule has 20 heavy (non-hydrogen) atoms. The molecule has 0 saturated heterocycles. The van der Waals surface area contributed by atoms with Gasteiger partial charge in [0.25, 0.3) is 0 Å². The van der Waals surface area contributed by atoms with Gasteiger partial charge in [0.1, 0.15) is 5.82 Å². The summed E-state index contributed by atoms with van der Waals surface area (Å²) < 4.78 is 5.69. The zero-order valence-electron chi connectivity index (χ0n) is 12.1. The van der Waals surface area contributed by atoms with Crippen LogP contribution >= 0.6 is 0 Å². The Bertz CT molecular complexity index is 557. The van der Waals surface area contributed by atoms with E-state index in [-0.39, 0.29) is 6.10 Å². The Hall–Kier alpha value is -2.01. The number of aryl methyl sites for hydroxylation is 1. The van der Waals surface area contributed by atoms with Crippen LogP contribution in [0.25, 0.3) is 0 Å². The minimum atomic E-state index is 0.119. The molecule has 0 radical (unpaired) electrons. The summed E-state index contributed by atoms with van der Waals surface area (Å²) in [5, 5.41) is 3.35. The summed E-state index contributed by atoms with van der Waals surface area (Å²) in [5.74, 6) is 1.48. The van der Waals surface area contributed by atoms with E-state index in [9.17, 15) is 0 Å². The van der Waals surface area contributed by atoms with E-state index in [4.69, 9.17) is 4.74 Å². The molecule has 0 saturated carbocycles. The molecular weight excluding hydrogens is 252 g/mol. The van der Waals surface area contributed by atoms with Crippen LogP contribution in [-0.4, -0.2) is 21.1 Å². The van der Waals surface area contributed by atoms with Crippen LogP contribution in [0.2, 0.25) is 0 Å². The van der Waals surface area contributed by atoms with Crippen molar-refractivity contribution in [1.29, 1.82) is 0 Å². The summed E-state index contributed by atoms with van der Waals surface area (Å²) in [4.78, 5) is 12.7. The van der Waals surface area contributed by atoms with Gasteiger partial charge in [0.15, 0.2) is 0 Å². The average Bonchev–Trinajstić information content (AvgIpc) is 2.40. The van der Waals surface area contributed by atoms with E-state index in [1.807, 2.05) is 39.0 Å². The number of hydrogen-bond donors (Lipinski definition) is 1. The molecule has 0 unspecified atom stereocenters. The molecule has 2 aromatic rings. The molecule has 0 aromatic carbocycles. The van der Waals surface area contributed by atoms with Gasteiger partial charge in [0.05, 0.1) is 11.8 Å². The highest BCUT2D eigenvalue weighted by molar-refractivity contribution is 5.25. The summed E-state index contributed by atoms with van der Waals surface area (Å²) >= 11 is 0. The fourth-order valence-electron chi connectivity index (χ4n) is 1.82. The van der Waals surface area contributed by atoms with Crippen LogP contribution in [0.3, 0.4) is 0 Å². The van der Waals surface area contributed by atoms with Crippen LogP contribution < -0.4 is 10.1 Å². The van der Waals surface area contributed by atoms with Crippen LogP contribution in [0.1, 0.15) is 30.9 Å². The third-order valence-corrected chi connectivity index (χ3v) is 2.65. The maximum absolute atomic E-state index is 5.69. The van der Waals surface area contributed by atoms with Crippen molar-refractivity contribution in [3.8, 4) is 5.88 Å². The summed E-state index contributed by atoms with van der Waals surface area (Å²) in [6.07, 6.45) is 3.64. The molecule has 1 N–H and O–H groups in total. The van der Waals surface area contributed by atoms with Crippen molar-refractivity contribution >= 4 is 0 Å². The van der Waals surface area contributed by atoms with Crippen LogP contribution in [-0.2, 0) is 13.1 Å². The van der Waals surface area contributed by atoms with Crippen molar-refractivity contribution < 1.29 is 4.74 Å². The van der Waals surface area contributed by atoms with Crippen molar-refractivity contribution in [2.75, 3.05) is 0 Å². The molecular formula is C15H20N4O. The Labute approximate surface area is 119 Å². The minimum absolute atomic E-state index is 0.119. The maximum atomic E-state index is 5.69. The van der Waals surface area contributed by atoms with E-state index in [1.54, 1.807) is 12.4 Å².